The highest BCUT2D eigenvalue weighted by Gasteiger charge is 2.20. The first-order chi connectivity index (χ1) is 15.3. The molecule has 3 aromatic heterocycles. The lowest BCUT2D eigenvalue weighted by atomic mass is 9.78. The number of nitrogen functional groups attached to an aromatic ring is 1. The van der Waals surface area contributed by atoms with E-state index in [0.717, 1.165) is 33.4 Å². The Kier molecular flexibility index (Phi) is 6.13. The summed E-state index contributed by atoms with van der Waals surface area (Å²) in [6, 6.07) is 7.42. The molecule has 2 N–H and O–H groups in total. The van der Waals surface area contributed by atoms with Gasteiger partial charge >= 0.3 is 0 Å². The van der Waals surface area contributed by atoms with E-state index in [0.29, 0.717) is 5.41 Å². The van der Waals surface area contributed by atoms with Crippen molar-refractivity contribution >= 4 is 22.5 Å². The SMILES string of the molecule is CC1(C)CCCCC1.Cc1nc(N)nn2ccc(-c3ccc4nnn([C@@H](C)CF)c4c3)c12. The van der Waals surface area contributed by atoms with Crippen LogP contribution in [0.2, 0.25) is 0 Å². The molecule has 0 aliphatic heterocycles. The van der Waals surface area contributed by atoms with Crippen LogP contribution in [-0.2, 0) is 0 Å². The highest BCUT2D eigenvalue weighted by atomic mass is 19.1. The zero-order valence-corrected chi connectivity index (χ0v) is 19.3. The van der Waals surface area contributed by atoms with E-state index < -0.39 is 6.67 Å². The molecule has 1 aliphatic rings. The molecule has 1 aliphatic carbocycles. The Labute approximate surface area is 187 Å². The van der Waals surface area contributed by atoms with E-state index in [1.807, 2.05) is 37.4 Å². The largest absolute Gasteiger partial charge is 0.367 e. The quantitative estimate of drug-likeness (QED) is 0.455. The minimum atomic E-state index is -0.496. The summed E-state index contributed by atoms with van der Waals surface area (Å²) in [5.41, 5.74) is 11.6. The fourth-order valence-electron chi connectivity index (χ4n) is 4.46. The molecule has 0 saturated heterocycles. The number of hydrogen-bond donors (Lipinski definition) is 1. The molecule has 1 atom stereocenters. The third-order valence-corrected chi connectivity index (χ3v) is 6.33. The van der Waals surface area contributed by atoms with Crippen LogP contribution in [0.3, 0.4) is 0 Å². The lowest BCUT2D eigenvalue weighted by Gasteiger charge is -2.28. The Morgan fingerprint density at radius 1 is 1.16 bits per heavy atom. The third-order valence-electron chi connectivity index (χ3n) is 6.33. The van der Waals surface area contributed by atoms with E-state index in [9.17, 15) is 4.39 Å². The van der Waals surface area contributed by atoms with E-state index in [-0.39, 0.29) is 12.0 Å². The Hall–Kier alpha value is -3.03. The van der Waals surface area contributed by atoms with Gasteiger partial charge in [-0.3, -0.25) is 0 Å². The van der Waals surface area contributed by atoms with Gasteiger partial charge in [-0.05, 0) is 55.9 Å². The molecule has 1 fully saturated rings. The fourth-order valence-corrected chi connectivity index (χ4v) is 4.46. The van der Waals surface area contributed by atoms with Gasteiger partial charge in [-0.2, -0.15) is 0 Å². The minimum Gasteiger partial charge on any atom is -0.367 e. The second kappa shape index (κ2) is 8.84. The van der Waals surface area contributed by atoms with Gasteiger partial charge in [0.1, 0.15) is 12.2 Å². The number of alkyl halides is 1. The van der Waals surface area contributed by atoms with Crippen LogP contribution in [-0.4, -0.2) is 36.3 Å². The molecule has 8 heteroatoms. The number of aromatic nitrogens is 6. The Morgan fingerprint density at radius 2 is 1.91 bits per heavy atom. The van der Waals surface area contributed by atoms with Crippen LogP contribution in [0, 0.1) is 12.3 Å². The van der Waals surface area contributed by atoms with E-state index in [1.165, 1.54) is 32.1 Å². The maximum atomic E-state index is 13.0. The molecule has 5 rings (SSSR count). The maximum absolute atomic E-state index is 13.0. The molecule has 0 bridgehead atoms. The van der Waals surface area contributed by atoms with Crippen molar-refractivity contribution in [2.24, 2.45) is 5.41 Å². The van der Waals surface area contributed by atoms with E-state index >= 15 is 0 Å². The van der Waals surface area contributed by atoms with Crippen LogP contribution in [0.1, 0.15) is 64.6 Å². The van der Waals surface area contributed by atoms with Crippen LogP contribution in [0.4, 0.5) is 10.3 Å². The summed E-state index contributed by atoms with van der Waals surface area (Å²) in [4.78, 5) is 4.24. The number of fused-ring (bicyclic) bond motifs is 2. The molecule has 7 nitrogen and oxygen atoms in total. The van der Waals surface area contributed by atoms with E-state index in [2.05, 4.69) is 34.2 Å². The molecule has 0 unspecified atom stereocenters. The highest BCUT2D eigenvalue weighted by molar-refractivity contribution is 5.88. The summed E-state index contributed by atoms with van der Waals surface area (Å²) in [6.45, 7) is 7.93. The number of anilines is 1. The van der Waals surface area contributed by atoms with E-state index in [1.54, 1.807) is 16.1 Å². The zero-order chi connectivity index (χ0) is 22.9. The van der Waals surface area contributed by atoms with E-state index in [4.69, 9.17) is 5.73 Å². The van der Waals surface area contributed by atoms with Crippen molar-refractivity contribution < 1.29 is 4.39 Å². The third kappa shape index (κ3) is 4.45. The van der Waals surface area contributed by atoms with Crippen molar-refractivity contribution in [3.05, 3.63) is 36.2 Å². The van der Waals surface area contributed by atoms with Gasteiger partial charge in [0.25, 0.3) is 0 Å². The van der Waals surface area contributed by atoms with Crippen molar-refractivity contribution in [2.75, 3.05) is 12.4 Å². The standard InChI is InChI=1S/C16H16FN7.C8H16/c1-9(8-17)24-14-7-11(3-4-13(14)20-22-24)12-5-6-23-15(12)10(2)19-16(18)21-23;1-8(2)6-4-3-5-7-8/h3-7,9H,8H2,1-2H3,(H2,18,21);3-7H2,1-2H3/t9-;/m0./s1. The summed E-state index contributed by atoms with van der Waals surface area (Å²) in [5, 5.41) is 12.4. The van der Waals surface area contributed by atoms with Crippen LogP contribution < -0.4 is 5.73 Å². The van der Waals surface area contributed by atoms with Gasteiger partial charge in [0.15, 0.2) is 0 Å². The predicted molar refractivity (Wildman–Crippen MR) is 126 cm³/mol. The molecular weight excluding hydrogens is 405 g/mol. The van der Waals surface area contributed by atoms with Crippen molar-refractivity contribution in [3.63, 3.8) is 0 Å². The van der Waals surface area contributed by atoms with Gasteiger partial charge in [0.2, 0.25) is 5.95 Å². The van der Waals surface area contributed by atoms with Gasteiger partial charge < -0.3 is 5.73 Å². The lowest BCUT2D eigenvalue weighted by molar-refractivity contribution is 0.244. The van der Waals surface area contributed by atoms with Crippen molar-refractivity contribution in [1.82, 2.24) is 29.6 Å². The van der Waals surface area contributed by atoms with Crippen LogP contribution in [0.5, 0.6) is 0 Å². The first-order valence-electron chi connectivity index (χ1n) is 11.3. The predicted octanol–water partition coefficient (Wildman–Crippen LogP) is 5.54. The fraction of sp³-hybridized carbons (Fsp3) is 0.500. The normalized spacial score (nSPS) is 16.7. The average molecular weight is 438 g/mol. The number of benzene rings is 1. The topological polar surface area (TPSA) is 86.9 Å². The highest BCUT2D eigenvalue weighted by Crippen LogP contribution is 2.34. The minimum absolute atomic E-state index is 0.233. The van der Waals surface area contributed by atoms with Gasteiger partial charge in [0, 0.05) is 11.8 Å². The summed E-state index contributed by atoms with van der Waals surface area (Å²) in [7, 11) is 0. The number of halogens is 1. The zero-order valence-electron chi connectivity index (χ0n) is 19.3. The molecule has 0 amide bonds. The number of rotatable bonds is 3. The van der Waals surface area contributed by atoms with Crippen molar-refractivity contribution in [1.29, 1.82) is 0 Å². The average Bonchev–Trinajstić information content (AvgIpc) is 3.37. The molecular formula is C24H32FN7. The van der Waals surface area contributed by atoms with Crippen molar-refractivity contribution in [2.45, 2.75) is 65.8 Å². The Balaban J connectivity index is 0.000000260. The molecule has 0 spiro atoms. The maximum Gasteiger partial charge on any atom is 0.238 e. The second-order valence-corrected chi connectivity index (χ2v) is 9.54. The Bertz CT molecular complexity index is 1220. The van der Waals surface area contributed by atoms with Crippen molar-refractivity contribution in [3.8, 4) is 11.1 Å². The van der Waals surface area contributed by atoms with Gasteiger partial charge in [0.05, 0.1) is 22.8 Å². The molecule has 170 valence electrons. The van der Waals surface area contributed by atoms with Gasteiger partial charge in [-0.25, -0.2) is 18.6 Å². The summed E-state index contributed by atoms with van der Waals surface area (Å²) in [5.74, 6) is 0.233. The number of aryl methyl sites for hydroxylation is 1. The summed E-state index contributed by atoms with van der Waals surface area (Å²) >= 11 is 0. The van der Waals surface area contributed by atoms with Crippen LogP contribution in [0.15, 0.2) is 30.5 Å². The lowest BCUT2D eigenvalue weighted by Crippen LogP contribution is -2.14. The molecule has 1 aromatic carbocycles. The summed E-state index contributed by atoms with van der Waals surface area (Å²) < 4.78 is 16.4. The van der Waals surface area contributed by atoms with Crippen LogP contribution in [0.25, 0.3) is 27.7 Å². The first-order valence-corrected chi connectivity index (χ1v) is 11.3. The Morgan fingerprint density at radius 3 is 2.56 bits per heavy atom. The first kappa shape index (κ1) is 22.2. The molecule has 3 heterocycles. The number of hydrogen-bond acceptors (Lipinski definition) is 5. The van der Waals surface area contributed by atoms with Gasteiger partial charge in [-0.15, -0.1) is 10.2 Å². The van der Waals surface area contributed by atoms with Crippen LogP contribution >= 0.6 is 0 Å². The molecule has 4 aromatic rings. The molecule has 0 radical (unpaired) electrons. The molecule has 32 heavy (non-hydrogen) atoms. The monoisotopic (exact) mass is 437 g/mol. The molecule has 1 saturated carbocycles. The summed E-state index contributed by atoms with van der Waals surface area (Å²) in [6.07, 6.45) is 9.16. The second-order valence-electron chi connectivity index (χ2n) is 9.54. The number of nitrogens with two attached hydrogens (primary N) is 1. The number of nitrogens with zero attached hydrogens (tertiary/aromatic N) is 6. The smallest absolute Gasteiger partial charge is 0.238 e. The van der Waals surface area contributed by atoms with Gasteiger partial charge in [-0.1, -0.05) is 44.4 Å².